The summed E-state index contributed by atoms with van der Waals surface area (Å²) in [4.78, 5) is 17.0. The molecule has 0 unspecified atom stereocenters. The van der Waals surface area contributed by atoms with E-state index in [4.69, 9.17) is 9.15 Å². The van der Waals surface area contributed by atoms with Crippen molar-refractivity contribution in [1.82, 2.24) is 4.98 Å². The van der Waals surface area contributed by atoms with Gasteiger partial charge in [-0.05, 0) is 49.4 Å². The molecule has 27 heavy (non-hydrogen) atoms. The lowest BCUT2D eigenvalue weighted by atomic mass is 10.1. The summed E-state index contributed by atoms with van der Waals surface area (Å²) in [5.74, 6) is 1.06. The zero-order chi connectivity index (χ0) is 18.8. The summed E-state index contributed by atoms with van der Waals surface area (Å²) in [7, 11) is 1.61. The van der Waals surface area contributed by atoms with Gasteiger partial charge in [-0.25, -0.2) is 4.98 Å². The molecule has 3 aromatic carbocycles. The van der Waals surface area contributed by atoms with E-state index in [9.17, 15) is 4.79 Å². The molecule has 0 aliphatic heterocycles. The number of nitrogens with zero attached hydrogens (tertiary/aromatic N) is 1. The smallest absolute Gasteiger partial charge is 0.255 e. The number of nitrogens with one attached hydrogen (secondary N) is 1. The number of amides is 1. The Kier molecular flexibility index (Phi) is 4.34. The van der Waals surface area contributed by atoms with Crippen LogP contribution < -0.4 is 10.1 Å². The van der Waals surface area contributed by atoms with Crippen LogP contribution in [0.3, 0.4) is 0 Å². The Balaban J connectivity index is 1.61. The Labute approximate surface area is 156 Å². The fraction of sp³-hybridized carbons (Fsp3) is 0.0909. The van der Waals surface area contributed by atoms with E-state index in [2.05, 4.69) is 10.3 Å². The van der Waals surface area contributed by atoms with Crippen LogP contribution in [0.4, 0.5) is 5.69 Å². The second-order valence-electron chi connectivity index (χ2n) is 6.26. The molecule has 1 amide bonds. The van der Waals surface area contributed by atoms with Crippen molar-refractivity contribution >= 4 is 22.7 Å². The van der Waals surface area contributed by atoms with Crippen LogP contribution in [0.15, 0.2) is 71.1 Å². The third-order valence-electron chi connectivity index (χ3n) is 4.24. The molecular weight excluding hydrogens is 340 g/mol. The number of methoxy groups -OCH3 is 1. The standard InChI is InChI=1S/C22H18N2O3/c1-14-5-3-6-15(11-14)21(25)23-17-8-4-7-16(12-17)22-24-19-13-18(26-2)9-10-20(19)27-22/h3-13H,1-2H3,(H,23,25). The maximum atomic E-state index is 12.5. The minimum Gasteiger partial charge on any atom is -0.497 e. The van der Waals surface area contributed by atoms with Crippen LogP contribution in [0.5, 0.6) is 5.75 Å². The molecule has 5 nitrogen and oxygen atoms in total. The number of carbonyl (C=O) groups excluding carboxylic acids is 1. The molecule has 1 heterocycles. The zero-order valence-electron chi connectivity index (χ0n) is 15.0. The van der Waals surface area contributed by atoms with Crippen LogP contribution in [0, 0.1) is 6.92 Å². The SMILES string of the molecule is COc1ccc2oc(-c3cccc(NC(=O)c4cccc(C)c4)c3)nc2c1. The molecule has 0 bridgehead atoms. The maximum absolute atomic E-state index is 12.5. The van der Waals surface area contributed by atoms with Crippen molar-refractivity contribution in [1.29, 1.82) is 0 Å². The predicted octanol–water partition coefficient (Wildman–Crippen LogP) is 5.06. The number of aromatic nitrogens is 1. The van der Waals surface area contributed by atoms with E-state index in [1.807, 2.05) is 67.6 Å². The number of carbonyl (C=O) groups is 1. The molecule has 0 fully saturated rings. The zero-order valence-corrected chi connectivity index (χ0v) is 15.0. The van der Waals surface area contributed by atoms with Crippen molar-refractivity contribution in [2.24, 2.45) is 0 Å². The van der Waals surface area contributed by atoms with Gasteiger partial charge in [-0.15, -0.1) is 0 Å². The average molecular weight is 358 g/mol. The fourth-order valence-corrected chi connectivity index (χ4v) is 2.88. The predicted molar refractivity (Wildman–Crippen MR) is 105 cm³/mol. The number of anilines is 1. The number of oxazole rings is 1. The molecule has 0 radical (unpaired) electrons. The summed E-state index contributed by atoms with van der Waals surface area (Å²) in [5.41, 5.74) is 4.53. The van der Waals surface area contributed by atoms with Crippen LogP contribution in [0.25, 0.3) is 22.6 Å². The van der Waals surface area contributed by atoms with Gasteiger partial charge in [0.05, 0.1) is 7.11 Å². The second-order valence-corrected chi connectivity index (χ2v) is 6.26. The van der Waals surface area contributed by atoms with Crippen molar-refractivity contribution in [3.63, 3.8) is 0 Å². The molecule has 1 aromatic heterocycles. The minimum absolute atomic E-state index is 0.154. The topological polar surface area (TPSA) is 64.4 Å². The van der Waals surface area contributed by atoms with E-state index in [0.717, 1.165) is 22.4 Å². The van der Waals surface area contributed by atoms with E-state index in [1.165, 1.54) is 0 Å². The van der Waals surface area contributed by atoms with Crippen LogP contribution in [-0.4, -0.2) is 18.0 Å². The van der Waals surface area contributed by atoms with Crippen LogP contribution >= 0.6 is 0 Å². The van der Waals surface area contributed by atoms with E-state index >= 15 is 0 Å². The van der Waals surface area contributed by atoms with E-state index < -0.39 is 0 Å². The van der Waals surface area contributed by atoms with Gasteiger partial charge >= 0.3 is 0 Å². The molecule has 4 rings (SSSR count). The molecule has 0 spiro atoms. The Morgan fingerprint density at radius 3 is 2.70 bits per heavy atom. The van der Waals surface area contributed by atoms with E-state index in [-0.39, 0.29) is 5.91 Å². The quantitative estimate of drug-likeness (QED) is 0.553. The van der Waals surface area contributed by atoms with Gasteiger partial charge in [0.1, 0.15) is 11.3 Å². The first-order valence-corrected chi connectivity index (χ1v) is 8.55. The molecule has 0 aliphatic carbocycles. The molecule has 134 valence electrons. The highest BCUT2D eigenvalue weighted by Crippen LogP contribution is 2.28. The number of fused-ring (bicyclic) bond motifs is 1. The molecule has 0 saturated carbocycles. The van der Waals surface area contributed by atoms with Crippen molar-refractivity contribution < 1.29 is 13.9 Å². The van der Waals surface area contributed by atoms with Crippen molar-refractivity contribution in [2.75, 3.05) is 12.4 Å². The summed E-state index contributed by atoms with van der Waals surface area (Å²) in [6.07, 6.45) is 0. The van der Waals surface area contributed by atoms with Crippen molar-refractivity contribution in [3.05, 3.63) is 77.9 Å². The number of ether oxygens (including phenoxy) is 1. The van der Waals surface area contributed by atoms with Gasteiger partial charge in [0.25, 0.3) is 5.91 Å². The largest absolute Gasteiger partial charge is 0.497 e. The number of aryl methyl sites for hydroxylation is 1. The first kappa shape index (κ1) is 16.8. The highest BCUT2D eigenvalue weighted by molar-refractivity contribution is 6.04. The fourth-order valence-electron chi connectivity index (χ4n) is 2.88. The Hall–Kier alpha value is -3.60. The van der Waals surface area contributed by atoms with Gasteiger partial charge in [0, 0.05) is 22.9 Å². The van der Waals surface area contributed by atoms with Crippen LogP contribution in [0.2, 0.25) is 0 Å². The third kappa shape index (κ3) is 3.53. The summed E-state index contributed by atoms with van der Waals surface area (Å²) in [6.45, 7) is 1.96. The van der Waals surface area contributed by atoms with Gasteiger partial charge < -0.3 is 14.5 Å². The Bertz CT molecular complexity index is 1130. The monoisotopic (exact) mass is 358 g/mol. The maximum Gasteiger partial charge on any atom is 0.255 e. The number of rotatable bonds is 4. The molecule has 4 aromatic rings. The highest BCUT2D eigenvalue weighted by atomic mass is 16.5. The lowest BCUT2D eigenvalue weighted by molar-refractivity contribution is 0.102. The number of hydrogen-bond acceptors (Lipinski definition) is 4. The summed E-state index contributed by atoms with van der Waals surface area (Å²) >= 11 is 0. The third-order valence-corrected chi connectivity index (χ3v) is 4.24. The first-order valence-electron chi connectivity index (χ1n) is 8.55. The first-order chi connectivity index (χ1) is 13.1. The van der Waals surface area contributed by atoms with Crippen molar-refractivity contribution in [3.8, 4) is 17.2 Å². The molecule has 5 heteroatoms. The molecular formula is C22H18N2O3. The summed E-state index contributed by atoms with van der Waals surface area (Å²) < 4.78 is 11.1. The highest BCUT2D eigenvalue weighted by Gasteiger charge is 2.11. The summed E-state index contributed by atoms with van der Waals surface area (Å²) in [5, 5.41) is 2.92. The Morgan fingerprint density at radius 1 is 1.04 bits per heavy atom. The van der Waals surface area contributed by atoms with Gasteiger partial charge in [0.15, 0.2) is 5.58 Å². The lowest BCUT2D eigenvalue weighted by Gasteiger charge is -2.07. The molecule has 0 aliphatic rings. The van der Waals surface area contributed by atoms with Gasteiger partial charge in [-0.2, -0.15) is 0 Å². The summed E-state index contributed by atoms with van der Waals surface area (Å²) in [6, 6.07) is 20.4. The molecule has 0 saturated heterocycles. The van der Waals surface area contributed by atoms with Gasteiger partial charge in [0.2, 0.25) is 5.89 Å². The van der Waals surface area contributed by atoms with Crippen LogP contribution in [0.1, 0.15) is 15.9 Å². The van der Waals surface area contributed by atoms with Gasteiger partial charge in [-0.1, -0.05) is 23.8 Å². The van der Waals surface area contributed by atoms with Gasteiger partial charge in [-0.3, -0.25) is 4.79 Å². The Morgan fingerprint density at radius 2 is 1.89 bits per heavy atom. The van der Waals surface area contributed by atoms with E-state index in [0.29, 0.717) is 22.7 Å². The van der Waals surface area contributed by atoms with Crippen LogP contribution in [-0.2, 0) is 0 Å². The minimum atomic E-state index is -0.154. The average Bonchev–Trinajstić information content (AvgIpc) is 3.11. The number of hydrogen-bond donors (Lipinski definition) is 1. The molecule has 1 N–H and O–H groups in total. The number of benzene rings is 3. The molecule has 0 atom stereocenters. The lowest BCUT2D eigenvalue weighted by Crippen LogP contribution is -2.11. The second kappa shape index (κ2) is 6.96. The normalized spacial score (nSPS) is 10.7. The van der Waals surface area contributed by atoms with Crippen molar-refractivity contribution in [2.45, 2.75) is 6.92 Å². The van der Waals surface area contributed by atoms with E-state index in [1.54, 1.807) is 13.2 Å².